The van der Waals surface area contributed by atoms with Crippen LogP contribution >= 0.6 is 35.6 Å². The summed E-state index contributed by atoms with van der Waals surface area (Å²) in [7, 11) is 0. The van der Waals surface area contributed by atoms with Gasteiger partial charge in [0, 0.05) is 23.5 Å². The van der Waals surface area contributed by atoms with Gasteiger partial charge >= 0.3 is 0 Å². The zero-order valence-electron chi connectivity index (χ0n) is 12.1. The van der Waals surface area contributed by atoms with Gasteiger partial charge in [-0.25, -0.2) is 0 Å². The molecule has 0 unspecified atom stereocenters. The molecule has 0 aromatic heterocycles. The van der Waals surface area contributed by atoms with Crippen LogP contribution in [-0.2, 0) is 4.79 Å². The van der Waals surface area contributed by atoms with Gasteiger partial charge in [-0.1, -0.05) is 23.2 Å². The van der Waals surface area contributed by atoms with Crippen molar-refractivity contribution >= 4 is 41.5 Å². The fraction of sp³-hybridized carbons (Fsp3) is 0.500. The molecule has 0 heterocycles. The normalized spacial score (nSPS) is 10.7. The monoisotopic (exact) mass is 354 g/mol. The van der Waals surface area contributed by atoms with E-state index in [9.17, 15) is 4.79 Å². The van der Waals surface area contributed by atoms with Crippen molar-refractivity contribution in [1.29, 1.82) is 0 Å². The largest absolute Gasteiger partial charge is 0.492 e. The molecule has 21 heavy (non-hydrogen) atoms. The van der Waals surface area contributed by atoms with Crippen LogP contribution in [-0.4, -0.2) is 24.6 Å². The molecule has 1 rings (SSSR count). The van der Waals surface area contributed by atoms with Crippen molar-refractivity contribution in [2.45, 2.75) is 32.2 Å². The SMILES string of the molecule is CC(C)(N)CNC(=O)CCCOc1ccc(Cl)cc1Cl.Cl. The summed E-state index contributed by atoms with van der Waals surface area (Å²) in [5.74, 6) is 0.536. The summed E-state index contributed by atoms with van der Waals surface area (Å²) in [6, 6.07) is 5.04. The number of benzene rings is 1. The number of hydrogen-bond acceptors (Lipinski definition) is 3. The Morgan fingerprint density at radius 1 is 1.38 bits per heavy atom. The second kappa shape index (κ2) is 9.36. The van der Waals surface area contributed by atoms with Crippen molar-refractivity contribution in [3.05, 3.63) is 28.2 Å². The molecule has 0 saturated carbocycles. The highest BCUT2D eigenvalue weighted by molar-refractivity contribution is 6.35. The van der Waals surface area contributed by atoms with E-state index in [-0.39, 0.29) is 18.3 Å². The first-order valence-electron chi connectivity index (χ1n) is 6.41. The lowest BCUT2D eigenvalue weighted by atomic mass is 10.1. The lowest BCUT2D eigenvalue weighted by Crippen LogP contribution is -2.45. The maximum Gasteiger partial charge on any atom is 0.220 e. The number of carbonyl (C=O) groups is 1. The number of hydrogen-bond donors (Lipinski definition) is 2. The number of amides is 1. The topological polar surface area (TPSA) is 64.3 Å². The molecule has 0 atom stereocenters. The molecule has 120 valence electrons. The van der Waals surface area contributed by atoms with Gasteiger partial charge in [0.15, 0.2) is 0 Å². The Kier molecular flexibility index (Phi) is 9.06. The molecule has 7 heteroatoms. The molecular weight excluding hydrogens is 335 g/mol. The molecule has 0 aliphatic rings. The van der Waals surface area contributed by atoms with Gasteiger partial charge in [-0.15, -0.1) is 12.4 Å². The van der Waals surface area contributed by atoms with E-state index in [2.05, 4.69) is 5.32 Å². The first-order chi connectivity index (χ1) is 9.28. The number of ether oxygens (including phenoxy) is 1. The second-order valence-corrected chi connectivity index (χ2v) is 6.14. The summed E-state index contributed by atoms with van der Waals surface area (Å²) in [5.41, 5.74) is 5.38. The predicted octanol–water partition coefficient (Wildman–Crippen LogP) is 3.43. The number of rotatable bonds is 7. The van der Waals surface area contributed by atoms with Crippen LogP contribution in [0.2, 0.25) is 10.0 Å². The van der Waals surface area contributed by atoms with E-state index in [1.807, 2.05) is 13.8 Å². The molecule has 0 radical (unpaired) electrons. The van der Waals surface area contributed by atoms with Crippen molar-refractivity contribution in [3.8, 4) is 5.75 Å². The zero-order valence-corrected chi connectivity index (χ0v) is 14.4. The first kappa shape index (κ1) is 20.3. The lowest BCUT2D eigenvalue weighted by molar-refractivity contribution is -0.121. The van der Waals surface area contributed by atoms with Crippen LogP contribution in [0.25, 0.3) is 0 Å². The van der Waals surface area contributed by atoms with Gasteiger partial charge in [0.25, 0.3) is 0 Å². The molecule has 1 amide bonds. The van der Waals surface area contributed by atoms with E-state index in [0.29, 0.717) is 41.8 Å². The van der Waals surface area contributed by atoms with Crippen LogP contribution in [0.4, 0.5) is 0 Å². The van der Waals surface area contributed by atoms with Crippen molar-refractivity contribution in [2.24, 2.45) is 5.73 Å². The standard InChI is InChI=1S/C14H20Cl2N2O2.ClH/c1-14(2,17)9-18-13(19)4-3-7-20-12-6-5-10(15)8-11(12)16;/h5-6,8H,3-4,7,9,17H2,1-2H3,(H,18,19);1H. The van der Waals surface area contributed by atoms with Gasteiger partial charge in [0.1, 0.15) is 5.75 Å². The summed E-state index contributed by atoms with van der Waals surface area (Å²) >= 11 is 11.8. The van der Waals surface area contributed by atoms with E-state index in [0.717, 1.165) is 0 Å². The van der Waals surface area contributed by atoms with Crippen molar-refractivity contribution in [2.75, 3.05) is 13.2 Å². The van der Waals surface area contributed by atoms with E-state index in [1.165, 1.54) is 0 Å². The van der Waals surface area contributed by atoms with Crippen LogP contribution in [0, 0.1) is 0 Å². The fourth-order valence-corrected chi connectivity index (χ4v) is 1.88. The molecule has 0 aliphatic heterocycles. The first-order valence-corrected chi connectivity index (χ1v) is 7.17. The molecule has 0 bridgehead atoms. The third-order valence-electron chi connectivity index (χ3n) is 2.44. The van der Waals surface area contributed by atoms with Crippen LogP contribution in [0.3, 0.4) is 0 Å². The third-order valence-corrected chi connectivity index (χ3v) is 2.97. The summed E-state index contributed by atoms with van der Waals surface area (Å²) in [6.45, 7) is 4.59. The van der Waals surface area contributed by atoms with Gasteiger partial charge in [0.2, 0.25) is 5.91 Å². The van der Waals surface area contributed by atoms with Gasteiger partial charge < -0.3 is 15.8 Å². The lowest BCUT2D eigenvalue weighted by Gasteiger charge is -2.18. The average Bonchev–Trinajstić information content (AvgIpc) is 2.33. The Hall–Kier alpha value is -0.680. The smallest absolute Gasteiger partial charge is 0.220 e. The Morgan fingerprint density at radius 3 is 2.62 bits per heavy atom. The van der Waals surface area contributed by atoms with E-state index in [1.54, 1.807) is 18.2 Å². The Morgan fingerprint density at radius 2 is 2.05 bits per heavy atom. The van der Waals surface area contributed by atoms with Crippen LogP contribution in [0.1, 0.15) is 26.7 Å². The number of nitrogens with two attached hydrogens (primary N) is 1. The highest BCUT2D eigenvalue weighted by Crippen LogP contribution is 2.27. The molecule has 3 N–H and O–H groups in total. The minimum Gasteiger partial charge on any atom is -0.492 e. The van der Waals surface area contributed by atoms with E-state index in [4.69, 9.17) is 33.7 Å². The molecular formula is C14H21Cl3N2O2. The zero-order chi connectivity index (χ0) is 15.2. The molecule has 0 spiro atoms. The van der Waals surface area contributed by atoms with Gasteiger partial charge in [-0.05, 0) is 38.5 Å². The van der Waals surface area contributed by atoms with Crippen molar-refractivity contribution in [1.82, 2.24) is 5.32 Å². The highest BCUT2D eigenvalue weighted by Gasteiger charge is 2.12. The average molecular weight is 356 g/mol. The number of carbonyl (C=O) groups excluding carboxylic acids is 1. The van der Waals surface area contributed by atoms with Crippen LogP contribution in [0.15, 0.2) is 18.2 Å². The summed E-state index contributed by atoms with van der Waals surface area (Å²) < 4.78 is 5.49. The maximum atomic E-state index is 11.5. The van der Waals surface area contributed by atoms with Gasteiger partial charge in [-0.2, -0.15) is 0 Å². The quantitative estimate of drug-likeness (QED) is 0.737. The summed E-state index contributed by atoms with van der Waals surface area (Å²) in [6.07, 6.45) is 0.997. The minimum absolute atomic E-state index is 0. The third kappa shape index (κ3) is 9.04. The molecule has 4 nitrogen and oxygen atoms in total. The summed E-state index contributed by atoms with van der Waals surface area (Å²) in [4.78, 5) is 11.5. The van der Waals surface area contributed by atoms with Crippen LogP contribution < -0.4 is 15.8 Å². The Labute approximate surface area is 141 Å². The Balaban J connectivity index is 0.00000400. The minimum atomic E-state index is -0.400. The van der Waals surface area contributed by atoms with Gasteiger partial charge in [0.05, 0.1) is 11.6 Å². The highest BCUT2D eigenvalue weighted by atomic mass is 35.5. The maximum absolute atomic E-state index is 11.5. The number of nitrogens with one attached hydrogen (secondary N) is 1. The molecule has 0 aliphatic carbocycles. The molecule has 0 saturated heterocycles. The molecule has 1 aromatic carbocycles. The Bertz CT molecular complexity index is 462. The van der Waals surface area contributed by atoms with Crippen LogP contribution in [0.5, 0.6) is 5.75 Å². The second-order valence-electron chi connectivity index (χ2n) is 5.29. The fourth-order valence-electron chi connectivity index (χ4n) is 1.42. The van der Waals surface area contributed by atoms with Gasteiger partial charge in [-0.3, -0.25) is 4.79 Å². The van der Waals surface area contributed by atoms with E-state index >= 15 is 0 Å². The molecule has 0 fully saturated rings. The number of halogens is 3. The van der Waals surface area contributed by atoms with Crippen molar-refractivity contribution in [3.63, 3.8) is 0 Å². The predicted molar refractivity (Wildman–Crippen MR) is 89.7 cm³/mol. The van der Waals surface area contributed by atoms with E-state index < -0.39 is 5.54 Å². The van der Waals surface area contributed by atoms with Crippen molar-refractivity contribution < 1.29 is 9.53 Å². The summed E-state index contributed by atoms with van der Waals surface area (Å²) in [5, 5.41) is 3.80. The molecule has 1 aromatic rings.